The number of nitrogens with one attached hydrogen (secondary N) is 3. The molecule has 4 aromatic heterocycles. The lowest BCUT2D eigenvalue weighted by molar-refractivity contribution is -0.0432. The van der Waals surface area contributed by atoms with E-state index in [-0.39, 0.29) is 12.6 Å². The van der Waals surface area contributed by atoms with Crippen LogP contribution in [-0.2, 0) is 4.74 Å². The molecule has 14 heteroatoms. The van der Waals surface area contributed by atoms with Crippen LogP contribution in [0, 0.1) is 9.28 Å². The summed E-state index contributed by atoms with van der Waals surface area (Å²) in [6, 6.07) is 0. The summed E-state index contributed by atoms with van der Waals surface area (Å²) in [7, 11) is 0. The Morgan fingerprint density at radius 3 is 2.72 bits per heavy atom. The molecule has 5 rings (SSSR count). The molecule has 0 bridgehead atoms. The maximum absolute atomic E-state index is 9.75. The normalized spacial score (nSPS) is 21.4. The summed E-state index contributed by atoms with van der Waals surface area (Å²) in [5.74, 6) is 0.191. The van der Waals surface area contributed by atoms with Crippen molar-refractivity contribution in [2.24, 2.45) is 0 Å². The van der Waals surface area contributed by atoms with Crippen LogP contribution in [0.2, 0.25) is 0 Å². The van der Waals surface area contributed by atoms with Crippen molar-refractivity contribution < 1.29 is 14.9 Å². The molecule has 7 N–H and O–H groups in total. The van der Waals surface area contributed by atoms with E-state index in [1.54, 1.807) is 17.2 Å². The molecule has 0 aliphatic carbocycles. The highest BCUT2D eigenvalue weighted by molar-refractivity contribution is 7.71. The molecule has 12 nitrogen and oxygen atoms in total. The summed E-state index contributed by atoms with van der Waals surface area (Å²) in [6.45, 7) is -0.232. The maximum Gasteiger partial charge on any atom is 0.200 e. The number of H-pyrrole nitrogens is 3. The van der Waals surface area contributed by atoms with E-state index >= 15 is 0 Å². The monoisotopic (exact) mass is 435 g/mol. The number of fused-ring (bicyclic) bond motifs is 2. The van der Waals surface area contributed by atoms with E-state index < -0.39 is 18.4 Å². The van der Waals surface area contributed by atoms with E-state index in [9.17, 15) is 5.11 Å². The van der Waals surface area contributed by atoms with Crippen molar-refractivity contribution in [1.82, 2.24) is 39.5 Å². The van der Waals surface area contributed by atoms with E-state index in [0.717, 1.165) is 11.2 Å². The fourth-order valence-electron chi connectivity index (χ4n) is 3.00. The van der Waals surface area contributed by atoms with Gasteiger partial charge in [-0.2, -0.15) is 0 Å². The topological polar surface area (TPSA) is 180 Å². The zero-order valence-corrected chi connectivity index (χ0v) is 16.4. The number of anilines is 1. The van der Waals surface area contributed by atoms with Crippen LogP contribution < -0.4 is 5.73 Å². The molecular formula is C15H17N9O3S2. The van der Waals surface area contributed by atoms with Gasteiger partial charge >= 0.3 is 0 Å². The molecular weight excluding hydrogens is 418 g/mol. The Hall–Kier alpha value is -2.78. The van der Waals surface area contributed by atoms with Crippen molar-refractivity contribution in [3.05, 3.63) is 28.3 Å². The van der Waals surface area contributed by atoms with Crippen LogP contribution in [0.4, 0.5) is 5.95 Å². The lowest BCUT2D eigenvalue weighted by Crippen LogP contribution is -2.24. The second kappa shape index (κ2) is 7.92. The van der Waals surface area contributed by atoms with E-state index in [1.165, 1.54) is 6.33 Å². The first kappa shape index (κ1) is 19.5. The molecule has 1 saturated heterocycles. The lowest BCUT2D eigenvalue weighted by atomic mass is 10.2. The molecule has 0 radical (unpaired) electrons. The minimum absolute atomic E-state index is 0.191. The van der Waals surface area contributed by atoms with Gasteiger partial charge in [0, 0.05) is 6.42 Å². The number of nitrogens with zero attached hydrogens (tertiary/aromatic N) is 5. The summed E-state index contributed by atoms with van der Waals surface area (Å²) in [5.41, 5.74) is 8.28. The summed E-state index contributed by atoms with van der Waals surface area (Å²) >= 11 is 9.99. The van der Waals surface area contributed by atoms with Crippen LogP contribution in [0.3, 0.4) is 0 Å². The molecule has 4 aromatic rings. The first-order chi connectivity index (χ1) is 14.0. The Labute approximate surface area is 172 Å². The van der Waals surface area contributed by atoms with Gasteiger partial charge in [0.2, 0.25) is 0 Å². The largest absolute Gasteiger partial charge is 0.394 e. The van der Waals surface area contributed by atoms with E-state index in [1.807, 2.05) is 0 Å². The van der Waals surface area contributed by atoms with Crippen LogP contribution in [0.5, 0.6) is 0 Å². The Bertz CT molecular complexity index is 1260. The summed E-state index contributed by atoms with van der Waals surface area (Å²) in [5, 5.41) is 18.8. The maximum atomic E-state index is 9.75. The molecule has 0 aromatic carbocycles. The van der Waals surface area contributed by atoms with E-state index in [4.69, 9.17) is 40.0 Å². The average Bonchev–Trinajstić information content (AvgIpc) is 3.40. The number of nitrogen functional groups attached to an aromatic ring is 1. The number of hydrogen-bond acceptors (Lipinski definition) is 10. The predicted molar refractivity (Wildman–Crippen MR) is 108 cm³/mol. The highest BCUT2D eigenvalue weighted by Crippen LogP contribution is 2.30. The van der Waals surface area contributed by atoms with Crippen molar-refractivity contribution >= 4 is 52.7 Å². The molecule has 1 aliphatic heterocycles. The van der Waals surface area contributed by atoms with Gasteiger partial charge in [0.25, 0.3) is 0 Å². The molecule has 29 heavy (non-hydrogen) atoms. The molecule has 0 amide bonds. The molecule has 0 spiro atoms. The highest BCUT2D eigenvalue weighted by atomic mass is 32.1. The lowest BCUT2D eigenvalue weighted by Gasteiger charge is -2.13. The minimum atomic E-state index is -0.713. The average molecular weight is 435 g/mol. The van der Waals surface area contributed by atoms with Gasteiger partial charge in [0.1, 0.15) is 29.0 Å². The number of ether oxygens (including phenoxy) is 1. The fourth-order valence-corrected chi connectivity index (χ4v) is 3.46. The van der Waals surface area contributed by atoms with Crippen LogP contribution in [0.1, 0.15) is 12.6 Å². The van der Waals surface area contributed by atoms with Crippen molar-refractivity contribution in [2.45, 2.75) is 24.9 Å². The molecule has 1 fully saturated rings. The van der Waals surface area contributed by atoms with E-state index in [2.05, 4.69) is 34.9 Å². The number of aliphatic hydroxyl groups is 2. The smallest absolute Gasteiger partial charge is 0.200 e. The molecule has 3 atom stereocenters. The van der Waals surface area contributed by atoms with Crippen LogP contribution >= 0.6 is 24.4 Å². The van der Waals surface area contributed by atoms with Gasteiger partial charge in [-0.15, -0.1) is 0 Å². The summed E-state index contributed by atoms with van der Waals surface area (Å²) in [4.78, 5) is 24.5. The van der Waals surface area contributed by atoms with Gasteiger partial charge in [-0.3, -0.25) is 4.57 Å². The van der Waals surface area contributed by atoms with Gasteiger partial charge in [-0.1, -0.05) is 24.4 Å². The second-order valence-electron chi connectivity index (χ2n) is 6.22. The fraction of sp³-hybridized carbons (Fsp3) is 0.333. The van der Waals surface area contributed by atoms with Gasteiger partial charge in [0.05, 0.1) is 31.7 Å². The number of aliphatic hydroxyl groups excluding tert-OH is 2. The zero-order valence-electron chi connectivity index (χ0n) is 14.8. The van der Waals surface area contributed by atoms with Crippen molar-refractivity contribution in [3.8, 4) is 0 Å². The van der Waals surface area contributed by atoms with Crippen molar-refractivity contribution in [2.75, 3.05) is 12.3 Å². The molecule has 0 unspecified atom stereocenters. The minimum Gasteiger partial charge on any atom is -0.394 e. The second-order valence-corrected chi connectivity index (χ2v) is 7.00. The first-order valence-electron chi connectivity index (χ1n) is 8.51. The number of aromatic amines is 3. The third-order valence-electron chi connectivity index (χ3n) is 4.40. The molecule has 1 aliphatic rings. The SMILES string of the molecule is Nc1nc(=S)c2ncn([C@H]3C[C@H](O)[C@@H](CO)O3)c2[nH]1.S=c1nc[nH]c2nc[nH]c12. The Kier molecular flexibility index (Phi) is 5.33. The van der Waals surface area contributed by atoms with Gasteiger partial charge < -0.3 is 35.6 Å². The highest BCUT2D eigenvalue weighted by Gasteiger charge is 2.35. The van der Waals surface area contributed by atoms with Crippen LogP contribution in [-0.4, -0.2) is 68.5 Å². The first-order valence-corrected chi connectivity index (χ1v) is 9.33. The molecule has 0 saturated carbocycles. The third kappa shape index (κ3) is 3.75. The predicted octanol–water partition coefficient (Wildman–Crippen LogP) is 0.727. The number of hydrogen-bond donors (Lipinski definition) is 6. The van der Waals surface area contributed by atoms with Crippen LogP contribution in [0.25, 0.3) is 22.3 Å². The number of imidazole rings is 2. The number of rotatable bonds is 2. The third-order valence-corrected chi connectivity index (χ3v) is 4.99. The summed E-state index contributed by atoms with van der Waals surface area (Å²) in [6.07, 6.45) is 3.29. The number of aromatic nitrogens is 8. The van der Waals surface area contributed by atoms with Gasteiger partial charge in [0.15, 0.2) is 20.9 Å². The Balaban J connectivity index is 0.000000171. The van der Waals surface area contributed by atoms with Crippen molar-refractivity contribution in [1.29, 1.82) is 0 Å². The quantitative estimate of drug-likeness (QED) is 0.246. The van der Waals surface area contributed by atoms with Crippen LogP contribution in [0.15, 0.2) is 19.0 Å². The standard InChI is InChI=1S/C10H13N5O3S.C5H4N4S/c11-10-13-8-7(9(19)14-10)12-3-15(8)6-1-4(17)5(2-16)18-6;10-5-3-4(7-1-6-3)8-2-9-5/h3-6,16-17H,1-2H2,(H3,11,13,14,19);1-2H,(H2,6,7,8,9,10)/t4-,5+,6+;/m0./s1. The van der Waals surface area contributed by atoms with E-state index in [0.29, 0.717) is 26.9 Å². The Morgan fingerprint density at radius 2 is 2.00 bits per heavy atom. The number of nitrogens with two attached hydrogens (primary N) is 1. The summed E-state index contributed by atoms with van der Waals surface area (Å²) < 4.78 is 8.11. The van der Waals surface area contributed by atoms with Gasteiger partial charge in [-0.25, -0.2) is 19.9 Å². The van der Waals surface area contributed by atoms with Gasteiger partial charge in [-0.05, 0) is 0 Å². The molecule has 5 heterocycles. The molecule has 152 valence electrons. The zero-order chi connectivity index (χ0) is 20.5. The Morgan fingerprint density at radius 1 is 1.21 bits per heavy atom. The van der Waals surface area contributed by atoms with Crippen molar-refractivity contribution in [3.63, 3.8) is 0 Å².